The fraction of sp³-hybridized carbons (Fsp3) is 0.219. The van der Waals surface area contributed by atoms with Crippen molar-refractivity contribution >= 4 is 33.9 Å². The smallest absolute Gasteiger partial charge is 0.123 e. The Labute approximate surface area is 247 Å². The highest BCUT2D eigenvalue weighted by Gasteiger charge is 2.27. The lowest BCUT2D eigenvalue weighted by Crippen LogP contribution is -2.14. The maximum Gasteiger partial charge on any atom is 0.123 e. The summed E-state index contributed by atoms with van der Waals surface area (Å²) in [4.78, 5) is 4.49. The van der Waals surface area contributed by atoms with Gasteiger partial charge in [-0.3, -0.25) is 4.98 Å². The Morgan fingerprint density at radius 3 is 2.52 bits per heavy atom. The molecule has 208 valence electrons. The average Bonchev–Trinajstić information content (AvgIpc) is 3.75. The van der Waals surface area contributed by atoms with Crippen LogP contribution in [0.25, 0.3) is 10.9 Å². The number of halogens is 2. The van der Waals surface area contributed by atoms with Gasteiger partial charge in [-0.1, -0.05) is 59.3 Å². The van der Waals surface area contributed by atoms with Crippen LogP contribution in [-0.2, 0) is 0 Å². The quantitative estimate of drug-likeness (QED) is 0.177. The van der Waals surface area contributed by atoms with Gasteiger partial charge >= 0.3 is 0 Å². The zero-order valence-electron chi connectivity index (χ0n) is 22.5. The Hall–Kier alpha value is -4.99. The van der Waals surface area contributed by atoms with Crippen molar-refractivity contribution in [3.63, 3.8) is 0 Å². The molecule has 3 aromatic carbocycles. The normalized spacial score (nSPS) is 14.1. The van der Waals surface area contributed by atoms with Crippen LogP contribution in [0.3, 0.4) is 0 Å². The SMILES string of the molecule is N#CCC[C@H](Nc1c(C#N)cnc2c(Cl)cc(NC(c3ccc(F)cc3)c3cn(C4CC4)nn3)cc12)c1ccccc1. The summed E-state index contributed by atoms with van der Waals surface area (Å²) in [5.74, 6) is -0.330. The van der Waals surface area contributed by atoms with Crippen molar-refractivity contribution in [3.8, 4) is 12.1 Å². The summed E-state index contributed by atoms with van der Waals surface area (Å²) in [5.41, 5.74) is 4.63. The second-order valence-electron chi connectivity index (χ2n) is 10.3. The van der Waals surface area contributed by atoms with Gasteiger partial charge in [-0.2, -0.15) is 10.5 Å². The third-order valence-electron chi connectivity index (χ3n) is 7.37. The zero-order valence-corrected chi connectivity index (χ0v) is 23.3. The molecule has 0 saturated heterocycles. The highest BCUT2D eigenvalue weighted by molar-refractivity contribution is 6.35. The number of benzene rings is 3. The van der Waals surface area contributed by atoms with Crippen molar-refractivity contribution in [2.24, 2.45) is 0 Å². The van der Waals surface area contributed by atoms with Gasteiger partial charge in [0.1, 0.15) is 17.6 Å². The lowest BCUT2D eigenvalue weighted by Gasteiger charge is -2.23. The first-order chi connectivity index (χ1) is 20.5. The van der Waals surface area contributed by atoms with Crippen LogP contribution in [0.1, 0.15) is 66.2 Å². The van der Waals surface area contributed by atoms with E-state index in [2.05, 4.69) is 38.1 Å². The monoisotopic (exact) mass is 576 g/mol. The Morgan fingerprint density at radius 1 is 1.02 bits per heavy atom. The molecule has 1 unspecified atom stereocenters. The first kappa shape index (κ1) is 27.2. The van der Waals surface area contributed by atoms with Gasteiger partial charge in [-0.05, 0) is 54.7 Å². The first-order valence-corrected chi connectivity index (χ1v) is 14.1. The van der Waals surface area contributed by atoms with Crippen LogP contribution in [0, 0.1) is 28.5 Å². The second-order valence-corrected chi connectivity index (χ2v) is 10.7. The highest BCUT2D eigenvalue weighted by Crippen LogP contribution is 2.38. The van der Waals surface area contributed by atoms with Crippen LogP contribution in [-0.4, -0.2) is 20.0 Å². The zero-order chi connectivity index (χ0) is 29.1. The van der Waals surface area contributed by atoms with Crippen molar-refractivity contribution < 1.29 is 4.39 Å². The van der Waals surface area contributed by atoms with Crippen LogP contribution >= 0.6 is 11.6 Å². The number of hydrogen-bond acceptors (Lipinski definition) is 7. The van der Waals surface area contributed by atoms with Crippen LogP contribution in [0.2, 0.25) is 5.02 Å². The van der Waals surface area contributed by atoms with E-state index in [-0.39, 0.29) is 11.9 Å². The standard InChI is InChI=1S/C32H26ClFN8/c33-27-16-24(38-31(21-8-10-23(34)11-9-21)29-19-42(41-40-29)25-12-13-25)15-26-30(22(17-36)18-37-32(26)27)39-28(7-4-14-35)20-5-2-1-3-6-20/h1-3,5-6,8-11,15-16,18-19,25,28,31,38H,4,7,12-13H2,(H,37,39)/t28-,31?/m0/s1. The second kappa shape index (κ2) is 11.9. The number of anilines is 2. The Balaban J connectivity index is 1.42. The molecule has 5 aromatic rings. The van der Waals surface area contributed by atoms with Gasteiger partial charge in [0, 0.05) is 23.7 Å². The summed E-state index contributed by atoms with van der Waals surface area (Å²) in [6, 6.07) is 23.9. The van der Waals surface area contributed by atoms with Crippen molar-refractivity contribution in [3.05, 3.63) is 112 Å². The number of rotatable bonds is 10. The number of fused-ring (bicyclic) bond motifs is 1. The maximum absolute atomic E-state index is 13.8. The molecule has 2 N–H and O–H groups in total. The molecule has 2 aromatic heterocycles. The molecule has 10 heteroatoms. The van der Waals surface area contributed by atoms with Gasteiger partial charge in [0.05, 0.1) is 52.2 Å². The predicted molar refractivity (Wildman–Crippen MR) is 159 cm³/mol. The molecule has 2 heterocycles. The highest BCUT2D eigenvalue weighted by atomic mass is 35.5. The molecular weight excluding hydrogens is 551 g/mol. The van der Waals surface area contributed by atoms with Crippen molar-refractivity contribution in [1.82, 2.24) is 20.0 Å². The number of aromatic nitrogens is 4. The van der Waals surface area contributed by atoms with E-state index >= 15 is 0 Å². The fourth-order valence-corrected chi connectivity index (χ4v) is 5.33. The fourth-order valence-electron chi connectivity index (χ4n) is 5.06. The third kappa shape index (κ3) is 5.74. The van der Waals surface area contributed by atoms with E-state index in [1.54, 1.807) is 18.2 Å². The van der Waals surface area contributed by atoms with Gasteiger partial charge in [0.2, 0.25) is 0 Å². The summed E-state index contributed by atoms with van der Waals surface area (Å²) < 4.78 is 15.7. The minimum Gasteiger partial charge on any atom is -0.377 e. The van der Waals surface area contributed by atoms with Gasteiger partial charge in [-0.25, -0.2) is 9.07 Å². The summed E-state index contributed by atoms with van der Waals surface area (Å²) in [5, 5.41) is 36.2. The van der Waals surface area contributed by atoms with Gasteiger partial charge < -0.3 is 10.6 Å². The summed E-state index contributed by atoms with van der Waals surface area (Å²) in [6.45, 7) is 0. The molecule has 8 nitrogen and oxygen atoms in total. The van der Waals surface area contributed by atoms with Crippen molar-refractivity contribution in [2.75, 3.05) is 10.6 Å². The average molecular weight is 577 g/mol. The van der Waals surface area contributed by atoms with E-state index in [1.807, 2.05) is 47.3 Å². The summed E-state index contributed by atoms with van der Waals surface area (Å²) in [7, 11) is 0. The van der Waals surface area contributed by atoms with E-state index < -0.39 is 6.04 Å². The van der Waals surface area contributed by atoms with Crippen LogP contribution in [0.15, 0.2) is 79.1 Å². The molecule has 0 spiro atoms. The van der Waals surface area contributed by atoms with Crippen molar-refractivity contribution in [2.45, 2.75) is 43.8 Å². The number of hydrogen-bond donors (Lipinski definition) is 2. The van der Waals surface area contributed by atoms with Crippen LogP contribution in [0.5, 0.6) is 0 Å². The van der Waals surface area contributed by atoms with Gasteiger partial charge in [0.15, 0.2) is 0 Å². The summed E-state index contributed by atoms with van der Waals surface area (Å²) >= 11 is 6.78. The van der Waals surface area contributed by atoms with Crippen molar-refractivity contribution in [1.29, 1.82) is 10.5 Å². The van der Waals surface area contributed by atoms with E-state index in [9.17, 15) is 14.9 Å². The minimum absolute atomic E-state index is 0.219. The first-order valence-electron chi connectivity index (χ1n) is 13.7. The number of nitrogens with zero attached hydrogens (tertiary/aromatic N) is 6. The lowest BCUT2D eigenvalue weighted by atomic mass is 10.00. The van der Waals surface area contributed by atoms with Crippen LogP contribution in [0.4, 0.5) is 15.8 Å². The molecule has 0 aliphatic heterocycles. The number of nitriles is 2. The third-order valence-corrected chi connectivity index (χ3v) is 7.66. The molecule has 2 atom stereocenters. The van der Waals surface area contributed by atoms with Gasteiger partial charge in [0.25, 0.3) is 0 Å². The molecule has 0 radical (unpaired) electrons. The van der Waals surface area contributed by atoms with E-state index in [0.717, 1.165) is 24.0 Å². The van der Waals surface area contributed by atoms with E-state index in [4.69, 9.17) is 11.6 Å². The molecule has 1 saturated carbocycles. The summed E-state index contributed by atoms with van der Waals surface area (Å²) in [6.07, 6.45) is 6.45. The molecule has 0 amide bonds. The molecular formula is C32H26ClFN8. The van der Waals surface area contributed by atoms with E-state index in [0.29, 0.717) is 57.4 Å². The number of nitrogens with one attached hydrogen (secondary N) is 2. The Kier molecular flexibility index (Phi) is 7.68. The lowest BCUT2D eigenvalue weighted by molar-refractivity contribution is 0.610. The Bertz CT molecular complexity index is 1800. The van der Waals surface area contributed by atoms with Crippen LogP contribution < -0.4 is 10.6 Å². The molecule has 42 heavy (non-hydrogen) atoms. The Morgan fingerprint density at radius 2 is 1.81 bits per heavy atom. The largest absolute Gasteiger partial charge is 0.377 e. The molecule has 1 aliphatic rings. The topological polar surface area (TPSA) is 115 Å². The van der Waals surface area contributed by atoms with Gasteiger partial charge in [-0.15, -0.1) is 5.10 Å². The van der Waals surface area contributed by atoms with E-state index in [1.165, 1.54) is 18.3 Å². The molecule has 6 rings (SSSR count). The molecule has 0 bridgehead atoms. The number of pyridine rings is 1. The molecule has 1 aliphatic carbocycles. The minimum atomic E-state index is -0.442. The maximum atomic E-state index is 13.8. The predicted octanol–water partition coefficient (Wildman–Crippen LogP) is 7.48. The molecule has 1 fully saturated rings.